The van der Waals surface area contributed by atoms with Gasteiger partial charge in [-0.2, -0.15) is 0 Å². The van der Waals surface area contributed by atoms with E-state index in [4.69, 9.17) is 10.5 Å². The quantitative estimate of drug-likeness (QED) is 0.717. The molecule has 1 fully saturated rings. The highest BCUT2D eigenvalue weighted by Gasteiger charge is 2.23. The first-order valence-corrected chi connectivity index (χ1v) is 5.73. The van der Waals surface area contributed by atoms with Gasteiger partial charge in [-0.25, -0.2) is 0 Å². The Hall–Kier alpha value is -0.610. The van der Waals surface area contributed by atoms with E-state index < -0.39 is 0 Å². The van der Waals surface area contributed by atoms with Crippen LogP contribution in [-0.2, 0) is 9.53 Å². The molecule has 0 saturated carbocycles. The van der Waals surface area contributed by atoms with Gasteiger partial charge in [-0.1, -0.05) is 6.92 Å². The van der Waals surface area contributed by atoms with Crippen molar-refractivity contribution in [2.24, 2.45) is 17.6 Å². The number of carbonyl (C=O) groups is 1. The smallest absolute Gasteiger partial charge is 0.223 e. The van der Waals surface area contributed by atoms with Gasteiger partial charge < -0.3 is 15.8 Å². The van der Waals surface area contributed by atoms with E-state index in [1.165, 1.54) is 0 Å². The lowest BCUT2D eigenvalue weighted by Crippen LogP contribution is -2.43. The summed E-state index contributed by atoms with van der Waals surface area (Å²) in [6.07, 6.45) is 1.69. The van der Waals surface area contributed by atoms with E-state index in [0.29, 0.717) is 25.7 Å². The van der Waals surface area contributed by atoms with Crippen molar-refractivity contribution in [2.45, 2.75) is 32.7 Å². The van der Waals surface area contributed by atoms with Crippen molar-refractivity contribution in [3.63, 3.8) is 0 Å². The second kappa shape index (κ2) is 6.08. The first kappa shape index (κ1) is 12.5. The van der Waals surface area contributed by atoms with E-state index in [1.54, 1.807) is 0 Å². The Morgan fingerprint density at radius 3 is 2.60 bits per heavy atom. The monoisotopic (exact) mass is 214 g/mol. The molecule has 1 aliphatic heterocycles. The molecule has 0 aromatic heterocycles. The third-order valence-electron chi connectivity index (χ3n) is 3.19. The summed E-state index contributed by atoms with van der Waals surface area (Å²) in [6, 6.07) is 0.158. The lowest BCUT2D eigenvalue weighted by Gasteiger charge is -2.25. The number of rotatable bonds is 4. The van der Waals surface area contributed by atoms with Gasteiger partial charge >= 0.3 is 0 Å². The van der Waals surface area contributed by atoms with Crippen LogP contribution in [0.3, 0.4) is 0 Å². The van der Waals surface area contributed by atoms with Gasteiger partial charge in [0.1, 0.15) is 0 Å². The third-order valence-corrected chi connectivity index (χ3v) is 3.19. The van der Waals surface area contributed by atoms with Gasteiger partial charge in [0, 0.05) is 25.2 Å². The standard InChI is InChI=1S/C11H22N2O2/c1-8(7-12)9(2)13-11(14)10-3-5-15-6-4-10/h8-10H,3-7,12H2,1-2H3,(H,13,14). The fourth-order valence-electron chi connectivity index (χ4n) is 1.65. The Kier molecular flexibility index (Phi) is 5.05. The topological polar surface area (TPSA) is 64.3 Å². The van der Waals surface area contributed by atoms with Crippen LogP contribution in [-0.4, -0.2) is 31.7 Å². The Morgan fingerprint density at radius 1 is 1.47 bits per heavy atom. The molecule has 4 nitrogen and oxygen atoms in total. The summed E-state index contributed by atoms with van der Waals surface area (Å²) in [7, 11) is 0. The lowest BCUT2D eigenvalue weighted by molar-refractivity contribution is -0.128. The van der Waals surface area contributed by atoms with Crippen molar-refractivity contribution < 1.29 is 9.53 Å². The van der Waals surface area contributed by atoms with Crippen molar-refractivity contribution in [2.75, 3.05) is 19.8 Å². The maximum atomic E-state index is 11.8. The van der Waals surface area contributed by atoms with E-state index in [2.05, 4.69) is 12.2 Å². The fourth-order valence-corrected chi connectivity index (χ4v) is 1.65. The second-order valence-corrected chi connectivity index (χ2v) is 4.40. The molecule has 15 heavy (non-hydrogen) atoms. The van der Waals surface area contributed by atoms with E-state index in [9.17, 15) is 4.79 Å². The van der Waals surface area contributed by atoms with Crippen LogP contribution in [0.2, 0.25) is 0 Å². The summed E-state index contributed by atoms with van der Waals surface area (Å²) in [5.74, 6) is 0.617. The van der Waals surface area contributed by atoms with Gasteiger partial charge in [0.05, 0.1) is 0 Å². The van der Waals surface area contributed by atoms with Gasteiger partial charge in [-0.15, -0.1) is 0 Å². The minimum absolute atomic E-state index is 0.131. The van der Waals surface area contributed by atoms with Crippen molar-refractivity contribution in [3.8, 4) is 0 Å². The molecular weight excluding hydrogens is 192 g/mol. The van der Waals surface area contributed by atoms with Gasteiger partial charge in [-0.05, 0) is 32.2 Å². The number of carbonyl (C=O) groups excluding carboxylic acids is 1. The predicted octanol–water partition coefficient (Wildman–Crippen LogP) is 0.513. The summed E-state index contributed by atoms with van der Waals surface area (Å²) < 4.78 is 5.22. The number of amides is 1. The number of nitrogens with two attached hydrogens (primary N) is 1. The molecule has 0 spiro atoms. The Balaban J connectivity index is 2.33. The molecule has 88 valence electrons. The maximum Gasteiger partial charge on any atom is 0.223 e. The van der Waals surface area contributed by atoms with E-state index in [-0.39, 0.29) is 17.9 Å². The van der Waals surface area contributed by atoms with E-state index in [1.807, 2.05) is 6.92 Å². The summed E-state index contributed by atoms with van der Waals surface area (Å²) in [6.45, 7) is 6.08. The van der Waals surface area contributed by atoms with Crippen LogP contribution in [0, 0.1) is 11.8 Å². The molecule has 1 rings (SSSR count). The zero-order valence-corrected chi connectivity index (χ0v) is 9.66. The molecule has 1 saturated heterocycles. The SMILES string of the molecule is CC(CN)C(C)NC(=O)C1CCOCC1. The van der Waals surface area contributed by atoms with Crippen molar-refractivity contribution >= 4 is 5.91 Å². The second-order valence-electron chi connectivity index (χ2n) is 4.40. The molecular formula is C11H22N2O2. The molecule has 0 bridgehead atoms. The first-order chi connectivity index (χ1) is 7.15. The first-order valence-electron chi connectivity index (χ1n) is 5.73. The summed E-state index contributed by atoms with van der Waals surface area (Å²) in [4.78, 5) is 11.8. The minimum atomic E-state index is 0.131. The lowest BCUT2D eigenvalue weighted by atomic mass is 9.97. The molecule has 0 radical (unpaired) electrons. The summed E-state index contributed by atoms with van der Waals surface area (Å²) in [5.41, 5.74) is 5.56. The van der Waals surface area contributed by atoms with Crippen LogP contribution in [0.15, 0.2) is 0 Å². The highest BCUT2D eigenvalue weighted by molar-refractivity contribution is 5.79. The van der Waals surface area contributed by atoms with Gasteiger partial charge in [0.15, 0.2) is 0 Å². The highest BCUT2D eigenvalue weighted by Crippen LogP contribution is 2.15. The van der Waals surface area contributed by atoms with Gasteiger partial charge in [-0.3, -0.25) is 4.79 Å². The molecule has 1 aliphatic rings. The molecule has 0 aromatic carbocycles. The number of nitrogens with one attached hydrogen (secondary N) is 1. The molecule has 4 heteroatoms. The van der Waals surface area contributed by atoms with Crippen LogP contribution in [0.1, 0.15) is 26.7 Å². The molecule has 2 atom stereocenters. The summed E-state index contributed by atoms with van der Waals surface area (Å²) >= 11 is 0. The van der Waals surface area contributed by atoms with Gasteiger partial charge in [0.2, 0.25) is 5.91 Å². The van der Waals surface area contributed by atoms with Crippen LogP contribution < -0.4 is 11.1 Å². The molecule has 3 N–H and O–H groups in total. The number of ether oxygens (including phenoxy) is 1. The normalized spacial score (nSPS) is 22.1. The van der Waals surface area contributed by atoms with Gasteiger partial charge in [0.25, 0.3) is 0 Å². The highest BCUT2D eigenvalue weighted by atomic mass is 16.5. The fraction of sp³-hybridized carbons (Fsp3) is 0.909. The molecule has 1 amide bonds. The molecule has 0 aliphatic carbocycles. The molecule has 2 unspecified atom stereocenters. The average molecular weight is 214 g/mol. The van der Waals surface area contributed by atoms with E-state index in [0.717, 1.165) is 12.8 Å². The minimum Gasteiger partial charge on any atom is -0.381 e. The largest absolute Gasteiger partial charge is 0.381 e. The number of hydrogen-bond acceptors (Lipinski definition) is 3. The number of hydrogen-bond donors (Lipinski definition) is 2. The Labute approximate surface area is 91.5 Å². The maximum absolute atomic E-state index is 11.8. The Morgan fingerprint density at radius 2 is 2.07 bits per heavy atom. The summed E-state index contributed by atoms with van der Waals surface area (Å²) in [5, 5.41) is 3.03. The average Bonchev–Trinajstić information content (AvgIpc) is 2.29. The van der Waals surface area contributed by atoms with Crippen molar-refractivity contribution in [1.82, 2.24) is 5.32 Å². The van der Waals surface area contributed by atoms with Crippen LogP contribution in [0.4, 0.5) is 0 Å². The zero-order chi connectivity index (χ0) is 11.3. The van der Waals surface area contributed by atoms with Crippen molar-refractivity contribution in [1.29, 1.82) is 0 Å². The van der Waals surface area contributed by atoms with Crippen LogP contribution in [0.25, 0.3) is 0 Å². The van der Waals surface area contributed by atoms with Crippen molar-refractivity contribution in [3.05, 3.63) is 0 Å². The predicted molar refractivity (Wildman–Crippen MR) is 59.4 cm³/mol. The molecule has 0 aromatic rings. The van der Waals surface area contributed by atoms with E-state index >= 15 is 0 Å². The zero-order valence-electron chi connectivity index (χ0n) is 9.66. The Bertz CT molecular complexity index is 203. The van der Waals surface area contributed by atoms with Crippen LogP contribution >= 0.6 is 0 Å². The molecule has 1 heterocycles. The van der Waals surface area contributed by atoms with Crippen LogP contribution in [0.5, 0.6) is 0 Å². The third kappa shape index (κ3) is 3.80.